The number of anilines is 3. The molecular weight excluding hydrogens is 241 g/mol. The van der Waals surface area contributed by atoms with Gasteiger partial charge < -0.3 is 11.1 Å². The second-order valence-corrected chi connectivity index (χ2v) is 3.95. The van der Waals surface area contributed by atoms with Crippen LogP contribution in [0.5, 0.6) is 0 Å². The molecule has 0 saturated heterocycles. The maximum atomic E-state index is 13.4. The molecule has 5 heteroatoms. The molecular formula is C13H11F3N2. The highest BCUT2D eigenvalue weighted by Gasteiger charge is 2.11. The molecule has 0 atom stereocenters. The predicted octanol–water partition coefficient (Wildman–Crippen LogP) is 3.74. The second-order valence-electron chi connectivity index (χ2n) is 3.95. The molecule has 0 heterocycles. The van der Waals surface area contributed by atoms with Gasteiger partial charge in [0.25, 0.3) is 0 Å². The molecule has 0 saturated carbocycles. The Bertz CT molecular complexity index is 597. The van der Waals surface area contributed by atoms with Crippen molar-refractivity contribution in [2.24, 2.45) is 0 Å². The largest absolute Gasteiger partial charge is 0.399 e. The quantitative estimate of drug-likeness (QED) is 0.631. The third-order valence-corrected chi connectivity index (χ3v) is 2.51. The van der Waals surface area contributed by atoms with E-state index in [9.17, 15) is 13.2 Å². The van der Waals surface area contributed by atoms with Gasteiger partial charge in [-0.15, -0.1) is 0 Å². The van der Waals surface area contributed by atoms with Crippen LogP contribution in [0.3, 0.4) is 0 Å². The second kappa shape index (κ2) is 4.60. The van der Waals surface area contributed by atoms with Crippen molar-refractivity contribution in [2.75, 3.05) is 11.1 Å². The number of hydrogen-bond donors (Lipinski definition) is 2. The highest BCUT2D eigenvalue weighted by molar-refractivity contribution is 5.66. The minimum Gasteiger partial charge on any atom is -0.399 e. The standard InChI is InChI=1S/C13H11F3N2/c1-7-4-9(17)2-3-11(7)18-12-6-8(14)5-10(15)13(12)16/h2-6,18H,17H2,1H3. The van der Waals surface area contributed by atoms with Gasteiger partial charge in [0.15, 0.2) is 11.6 Å². The summed E-state index contributed by atoms with van der Waals surface area (Å²) in [5.74, 6) is -3.19. The van der Waals surface area contributed by atoms with Crippen LogP contribution < -0.4 is 11.1 Å². The zero-order valence-electron chi connectivity index (χ0n) is 9.60. The topological polar surface area (TPSA) is 38.0 Å². The summed E-state index contributed by atoms with van der Waals surface area (Å²) in [5.41, 5.74) is 7.17. The van der Waals surface area contributed by atoms with E-state index in [0.717, 1.165) is 11.6 Å². The molecule has 2 nitrogen and oxygen atoms in total. The van der Waals surface area contributed by atoms with Gasteiger partial charge in [0.1, 0.15) is 5.82 Å². The van der Waals surface area contributed by atoms with Crippen molar-refractivity contribution in [3.05, 3.63) is 53.3 Å². The number of nitrogens with two attached hydrogens (primary N) is 1. The lowest BCUT2D eigenvalue weighted by molar-refractivity contribution is 0.498. The Morgan fingerprint density at radius 3 is 2.39 bits per heavy atom. The first-order chi connectivity index (χ1) is 8.47. The van der Waals surface area contributed by atoms with Crippen molar-refractivity contribution in [1.82, 2.24) is 0 Å². The molecule has 2 rings (SSSR count). The number of hydrogen-bond acceptors (Lipinski definition) is 2. The van der Waals surface area contributed by atoms with Crippen LogP contribution >= 0.6 is 0 Å². The Balaban J connectivity index is 2.40. The highest BCUT2D eigenvalue weighted by Crippen LogP contribution is 2.26. The molecule has 0 aliphatic heterocycles. The fraction of sp³-hybridized carbons (Fsp3) is 0.0769. The zero-order valence-corrected chi connectivity index (χ0v) is 9.60. The third-order valence-electron chi connectivity index (χ3n) is 2.51. The van der Waals surface area contributed by atoms with E-state index in [4.69, 9.17) is 5.73 Å². The Labute approximate surface area is 102 Å². The van der Waals surface area contributed by atoms with E-state index in [1.54, 1.807) is 25.1 Å². The van der Waals surface area contributed by atoms with Gasteiger partial charge in [-0.25, -0.2) is 13.2 Å². The summed E-state index contributed by atoms with van der Waals surface area (Å²) < 4.78 is 39.5. The molecule has 0 bridgehead atoms. The smallest absolute Gasteiger partial charge is 0.182 e. The predicted molar refractivity (Wildman–Crippen MR) is 65.2 cm³/mol. The molecule has 0 radical (unpaired) electrons. The summed E-state index contributed by atoms with van der Waals surface area (Å²) in [4.78, 5) is 0. The summed E-state index contributed by atoms with van der Waals surface area (Å²) in [7, 11) is 0. The van der Waals surface area contributed by atoms with Gasteiger partial charge in [0.2, 0.25) is 0 Å². The van der Waals surface area contributed by atoms with Crippen molar-refractivity contribution in [1.29, 1.82) is 0 Å². The van der Waals surface area contributed by atoms with Gasteiger partial charge in [-0.3, -0.25) is 0 Å². The minimum atomic E-state index is -1.23. The van der Waals surface area contributed by atoms with Crippen LogP contribution in [0.1, 0.15) is 5.56 Å². The molecule has 18 heavy (non-hydrogen) atoms. The maximum Gasteiger partial charge on any atom is 0.182 e. The first-order valence-electron chi connectivity index (χ1n) is 5.25. The van der Waals surface area contributed by atoms with Crippen LogP contribution in [0, 0.1) is 24.4 Å². The number of nitrogen functional groups attached to an aromatic ring is 1. The van der Waals surface area contributed by atoms with Crippen LogP contribution in [0.4, 0.5) is 30.2 Å². The molecule has 94 valence electrons. The molecule has 3 N–H and O–H groups in total. The average molecular weight is 252 g/mol. The monoisotopic (exact) mass is 252 g/mol. The molecule has 2 aromatic carbocycles. The number of nitrogens with one attached hydrogen (secondary N) is 1. The zero-order chi connectivity index (χ0) is 13.3. The van der Waals surface area contributed by atoms with Crippen molar-refractivity contribution in [3.8, 4) is 0 Å². The van der Waals surface area contributed by atoms with Crippen LogP contribution in [-0.4, -0.2) is 0 Å². The molecule has 2 aromatic rings. The number of benzene rings is 2. The molecule has 0 fully saturated rings. The van der Waals surface area contributed by atoms with E-state index in [-0.39, 0.29) is 5.69 Å². The van der Waals surface area contributed by atoms with Crippen LogP contribution in [0.2, 0.25) is 0 Å². The molecule has 0 amide bonds. The van der Waals surface area contributed by atoms with Crippen LogP contribution in [-0.2, 0) is 0 Å². The lowest BCUT2D eigenvalue weighted by atomic mass is 10.1. The van der Waals surface area contributed by atoms with Crippen molar-refractivity contribution in [2.45, 2.75) is 6.92 Å². The minimum absolute atomic E-state index is 0.250. The van der Waals surface area contributed by atoms with Gasteiger partial charge in [-0.2, -0.15) is 0 Å². The lowest BCUT2D eigenvalue weighted by Gasteiger charge is -2.11. The van der Waals surface area contributed by atoms with Gasteiger partial charge in [-0.1, -0.05) is 0 Å². The lowest BCUT2D eigenvalue weighted by Crippen LogP contribution is -2.00. The van der Waals surface area contributed by atoms with Crippen molar-refractivity contribution < 1.29 is 13.2 Å². The average Bonchev–Trinajstić information content (AvgIpc) is 2.29. The molecule has 0 aliphatic carbocycles. The fourth-order valence-corrected chi connectivity index (χ4v) is 1.62. The van der Waals surface area contributed by atoms with Crippen LogP contribution in [0.15, 0.2) is 30.3 Å². The molecule has 0 aromatic heterocycles. The van der Waals surface area contributed by atoms with Gasteiger partial charge in [0.05, 0.1) is 5.69 Å². The van der Waals surface area contributed by atoms with E-state index in [1.807, 2.05) is 0 Å². The number of aryl methyl sites for hydroxylation is 1. The van der Waals surface area contributed by atoms with Gasteiger partial charge >= 0.3 is 0 Å². The van der Waals surface area contributed by atoms with E-state index in [0.29, 0.717) is 17.4 Å². The number of rotatable bonds is 2. The molecule has 0 spiro atoms. The van der Waals surface area contributed by atoms with E-state index >= 15 is 0 Å². The summed E-state index contributed by atoms with van der Waals surface area (Å²) >= 11 is 0. The normalized spacial score (nSPS) is 10.4. The van der Waals surface area contributed by atoms with Gasteiger partial charge in [0, 0.05) is 23.5 Å². The summed E-state index contributed by atoms with van der Waals surface area (Å²) in [6.07, 6.45) is 0. The molecule has 0 unspecified atom stereocenters. The summed E-state index contributed by atoms with van der Waals surface area (Å²) in [6, 6.07) is 6.30. The molecule has 0 aliphatic rings. The van der Waals surface area contributed by atoms with E-state index in [2.05, 4.69) is 5.32 Å². The first kappa shape index (κ1) is 12.3. The van der Waals surface area contributed by atoms with Crippen molar-refractivity contribution in [3.63, 3.8) is 0 Å². The summed E-state index contributed by atoms with van der Waals surface area (Å²) in [5, 5.41) is 2.64. The van der Waals surface area contributed by atoms with Crippen molar-refractivity contribution >= 4 is 17.1 Å². The Kier molecular flexibility index (Phi) is 3.14. The SMILES string of the molecule is Cc1cc(N)ccc1Nc1cc(F)cc(F)c1F. The highest BCUT2D eigenvalue weighted by atomic mass is 19.2. The van der Waals surface area contributed by atoms with Gasteiger partial charge in [-0.05, 0) is 30.7 Å². The number of halogens is 3. The Morgan fingerprint density at radius 1 is 1.00 bits per heavy atom. The Morgan fingerprint density at radius 2 is 1.72 bits per heavy atom. The van der Waals surface area contributed by atoms with E-state index in [1.165, 1.54) is 0 Å². The van der Waals surface area contributed by atoms with E-state index < -0.39 is 17.5 Å². The fourth-order valence-electron chi connectivity index (χ4n) is 1.62. The van der Waals surface area contributed by atoms with Crippen LogP contribution in [0.25, 0.3) is 0 Å². The maximum absolute atomic E-state index is 13.4. The Hall–Kier alpha value is -2.17. The third kappa shape index (κ3) is 2.40. The first-order valence-corrected chi connectivity index (χ1v) is 5.25. The summed E-state index contributed by atoms with van der Waals surface area (Å²) in [6.45, 7) is 1.76.